The Morgan fingerprint density at radius 2 is 2.05 bits per heavy atom. The van der Waals surface area contributed by atoms with E-state index < -0.39 is 23.8 Å². The number of halogens is 3. The average Bonchev–Trinajstić information content (AvgIpc) is 2.33. The summed E-state index contributed by atoms with van der Waals surface area (Å²) in [6, 6.07) is 2.06. The molecule has 1 aromatic heterocycles. The minimum absolute atomic E-state index is 0.228. The van der Waals surface area contributed by atoms with E-state index in [2.05, 4.69) is 4.98 Å². The lowest BCUT2D eigenvalue weighted by Crippen LogP contribution is -2.15. The SMILES string of the molecule is CCCCc1nc(C(F)(F)F)ccc1C(C)C(=O)O. The molecule has 0 amide bonds. The normalized spacial score (nSPS) is 13.3. The van der Waals surface area contributed by atoms with Gasteiger partial charge in [0.2, 0.25) is 0 Å². The first-order valence-electron chi connectivity index (χ1n) is 6.07. The second kappa shape index (κ2) is 6.04. The summed E-state index contributed by atoms with van der Waals surface area (Å²) < 4.78 is 37.8. The van der Waals surface area contributed by atoms with Gasteiger partial charge in [-0.25, -0.2) is 4.98 Å². The molecule has 1 unspecified atom stereocenters. The van der Waals surface area contributed by atoms with Crippen LogP contribution in [0.25, 0.3) is 0 Å². The number of hydrogen-bond donors (Lipinski definition) is 1. The summed E-state index contributed by atoms with van der Waals surface area (Å²) in [5.41, 5.74) is -0.388. The van der Waals surface area contributed by atoms with E-state index in [0.717, 1.165) is 12.5 Å². The molecule has 0 saturated heterocycles. The molecular weight excluding hydrogens is 259 g/mol. The Morgan fingerprint density at radius 1 is 1.42 bits per heavy atom. The molecule has 0 radical (unpaired) electrons. The molecule has 19 heavy (non-hydrogen) atoms. The van der Waals surface area contributed by atoms with Gasteiger partial charge in [0.15, 0.2) is 0 Å². The summed E-state index contributed by atoms with van der Waals surface area (Å²) in [7, 11) is 0. The maximum atomic E-state index is 12.6. The Bertz CT molecular complexity index is 458. The molecular formula is C13H16F3NO2. The molecule has 106 valence electrons. The maximum Gasteiger partial charge on any atom is 0.433 e. The molecule has 6 heteroatoms. The summed E-state index contributed by atoms with van der Waals surface area (Å²) in [6.45, 7) is 3.36. The number of carboxylic acid groups (broad SMARTS) is 1. The van der Waals surface area contributed by atoms with Crippen LogP contribution >= 0.6 is 0 Å². The van der Waals surface area contributed by atoms with Crippen molar-refractivity contribution in [1.82, 2.24) is 4.98 Å². The summed E-state index contributed by atoms with van der Waals surface area (Å²) in [4.78, 5) is 14.6. The van der Waals surface area contributed by atoms with Crippen molar-refractivity contribution in [2.75, 3.05) is 0 Å². The molecule has 0 bridgehead atoms. The standard InChI is InChI=1S/C13H16F3NO2/c1-3-4-5-10-9(8(2)12(18)19)6-7-11(17-10)13(14,15)16/h6-8H,3-5H2,1-2H3,(H,18,19). The van der Waals surface area contributed by atoms with E-state index in [1.54, 1.807) is 0 Å². The Kier molecular flexibility index (Phi) is 4.91. The number of nitrogens with zero attached hydrogens (tertiary/aromatic N) is 1. The van der Waals surface area contributed by atoms with Gasteiger partial charge >= 0.3 is 12.1 Å². The topological polar surface area (TPSA) is 50.2 Å². The maximum absolute atomic E-state index is 12.6. The molecule has 0 fully saturated rings. The van der Waals surface area contributed by atoms with Crippen LogP contribution in [-0.4, -0.2) is 16.1 Å². The highest BCUT2D eigenvalue weighted by Crippen LogP contribution is 2.30. The van der Waals surface area contributed by atoms with Crippen molar-refractivity contribution >= 4 is 5.97 Å². The van der Waals surface area contributed by atoms with Crippen LogP contribution < -0.4 is 0 Å². The summed E-state index contributed by atoms with van der Waals surface area (Å²) >= 11 is 0. The van der Waals surface area contributed by atoms with E-state index in [9.17, 15) is 18.0 Å². The Hall–Kier alpha value is -1.59. The van der Waals surface area contributed by atoms with E-state index in [-0.39, 0.29) is 5.69 Å². The summed E-state index contributed by atoms with van der Waals surface area (Å²) in [5, 5.41) is 8.96. The molecule has 0 spiro atoms. The van der Waals surface area contributed by atoms with E-state index in [4.69, 9.17) is 5.11 Å². The van der Waals surface area contributed by atoms with Crippen molar-refractivity contribution in [3.63, 3.8) is 0 Å². The van der Waals surface area contributed by atoms with Crippen LogP contribution in [0.2, 0.25) is 0 Å². The predicted molar refractivity (Wildman–Crippen MR) is 63.9 cm³/mol. The van der Waals surface area contributed by atoms with E-state index in [0.29, 0.717) is 18.4 Å². The fraction of sp³-hybridized carbons (Fsp3) is 0.538. The molecule has 0 aliphatic heterocycles. The second-order valence-corrected chi connectivity index (χ2v) is 4.39. The highest BCUT2D eigenvalue weighted by Gasteiger charge is 2.33. The number of alkyl halides is 3. The van der Waals surface area contributed by atoms with Gasteiger partial charge in [0.05, 0.1) is 5.92 Å². The summed E-state index contributed by atoms with van der Waals surface area (Å²) in [6.07, 6.45) is -2.67. The van der Waals surface area contributed by atoms with Crippen LogP contribution in [0.15, 0.2) is 12.1 Å². The highest BCUT2D eigenvalue weighted by molar-refractivity contribution is 5.75. The van der Waals surface area contributed by atoms with Crippen LogP contribution in [0, 0.1) is 0 Å². The Morgan fingerprint density at radius 3 is 2.53 bits per heavy atom. The van der Waals surface area contributed by atoms with Crippen molar-refractivity contribution in [1.29, 1.82) is 0 Å². The first kappa shape index (κ1) is 15.5. The molecule has 0 aliphatic carbocycles. The van der Waals surface area contributed by atoms with Crippen molar-refractivity contribution < 1.29 is 23.1 Å². The first-order chi connectivity index (χ1) is 8.77. The molecule has 1 rings (SSSR count). The van der Waals surface area contributed by atoms with Crippen LogP contribution in [0.3, 0.4) is 0 Å². The lowest BCUT2D eigenvalue weighted by Gasteiger charge is -2.15. The molecule has 0 aromatic carbocycles. The summed E-state index contributed by atoms with van der Waals surface area (Å²) in [5.74, 6) is -1.93. The van der Waals surface area contributed by atoms with Crippen LogP contribution in [0.1, 0.15) is 49.6 Å². The number of aliphatic carboxylic acids is 1. The van der Waals surface area contributed by atoms with Crippen molar-refractivity contribution in [3.8, 4) is 0 Å². The van der Waals surface area contributed by atoms with Crippen LogP contribution in [0.4, 0.5) is 13.2 Å². The third-order valence-electron chi connectivity index (χ3n) is 2.90. The van der Waals surface area contributed by atoms with E-state index >= 15 is 0 Å². The minimum Gasteiger partial charge on any atom is -0.481 e. The van der Waals surface area contributed by atoms with Crippen molar-refractivity contribution in [2.45, 2.75) is 45.2 Å². The Balaban J connectivity index is 3.20. The van der Waals surface area contributed by atoms with Crippen LogP contribution in [0.5, 0.6) is 0 Å². The lowest BCUT2D eigenvalue weighted by atomic mass is 9.96. The zero-order valence-electron chi connectivity index (χ0n) is 10.8. The van der Waals surface area contributed by atoms with Gasteiger partial charge in [-0.1, -0.05) is 19.4 Å². The number of carboxylic acids is 1. The van der Waals surface area contributed by atoms with Gasteiger partial charge in [-0.15, -0.1) is 0 Å². The lowest BCUT2D eigenvalue weighted by molar-refractivity contribution is -0.141. The number of aromatic nitrogens is 1. The van der Waals surface area contributed by atoms with Gasteiger partial charge in [0.25, 0.3) is 0 Å². The average molecular weight is 275 g/mol. The quantitative estimate of drug-likeness (QED) is 0.892. The fourth-order valence-electron chi connectivity index (χ4n) is 1.74. The first-order valence-corrected chi connectivity index (χ1v) is 6.07. The zero-order valence-corrected chi connectivity index (χ0v) is 10.8. The third kappa shape index (κ3) is 3.94. The molecule has 3 nitrogen and oxygen atoms in total. The number of rotatable bonds is 5. The number of hydrogen-bond acceptors (Lipinski definition) is 2. The minimum atomic E-state index is -4.51. The molecule has 1 aromatic rings. The van der Waals surface area contributed by atoms with Crippen molar-refractivity contribution in [3.05, 3.63) is 29.1 Å². The predicted octanol–water partition coefficient (Wildman–Crippen LogP) is 3.63. The number of aryl methyl sites for hydroxylation is 1. The smallest absolute Gasteiger partial charge is 0.433 e. The molecule has 1 N–H and O–H groups in total. The van der Waals surface area contributed by atoms with E-state index in [1.165, 1.54) is 13.0 Å². The van der Waals surface area contributed by atoms with Gasteiger partial charge < -0.3 is 5.11 Å². The molecule has 1 atom stereocenters. The van der Waals surface area contributed by atoms with Gasteiger partial charge in [-0.2, -0.15) is 13.2 Å². The number of carbonyl (C=O) groups is 1. The Labute approximate surface area is 109 Å². The van der Waals surface area contributed by atoms with E-state index in [1.807, 2.05) is 6.92 Å². The fourth-order valence-corrected chi connectivity index (χ4v) is 1.74. The van der Waals surface area contributed by atoms with Gasteiger partial charge in [0, 0.05) is 5.69 Å². The zero-order chi connectivity index (χ0) is 14.6. The van der Waals surface area contributed by atoms with Crippen LogP contribution in [-0.2, 0) is 17.4 Å². The highest BCUT2D eigenvalue weighted by atomic mass is 19.4. The molecule has 1 heterocycles. The molecule has 0 saturated carbocycles. The molecule has 0 aliphatic rings. The monoisotopic (exact) mass is 275 g/mol. The third-order valence-corrected chi connectivity index (χ3v) is 2.90. The van der Waals surface area contributed by atoms with Gasteiger partial charge in [-0.05, 0) is 31.4 Å². The van der Waals surface area contributed by atoms with Gasteiger partial charge in [-0.3, -0.25) is 4.79 Å². The number of unbranched alkanes of at least 4 members (excludes halogenated alkanes) is 1. The van der Waals surface area contributed by atoms with Crippen molar-refractivity contribution in [2.24, 2.45) is 0 Å². The van der Waals surface area contributed by atoms with Gasteiger partial charge in [0.1, 0.15) is 5.69 Å². The number of pyridine rings is 1. The second-order valence-electron chi connectivity index (χ2n) is 4.39. The largest absolute Gasteiger partial charge is 0.481 e.